The fourth-order valence-electron chi connectivity index (χ4n) is 5.73. The molecule has 11 heteroatoms. The molecule has 7 rings (SSSR count). The van der Waals surface area contributed by atoms with Crippen LogP contribution < -0.4 is 25.2 Å². The minimum absolute atomic E-state index is 0.0256. The third-order valence-electron chi connectivity index (χ3n) is 7.64. The molecule has 5 heterocycles. The van der Waals surface area contributed by atoms with Gasteiger partial charge in [-0.1, -0.05) is 0 Å². The number of amides is 2. The van der Waals surface area contributed by atoms with Crippen molar-refractivity contribution in [2.75, 3.05) is 54.2 Å². The van der Waals surface area contributed by atoms with E-state index < -0.39 is 0 Å². The van der Waals surface area contributed by atoms with Gasteiger partial charge in [0.1, 0.15) is 11.6 Å². The molecule has 4 aliphatic rings. The number of nitrogens with one attached hydrogen (secondary N) is 2. The molecule has 2 N–H and O–H groups in total. The molecule has 0 spiro atoms. The van der Waals surface area contributed by atoms with E-state index in [2.05, 4.69) is 25.5 Å². The Morgan fingerprint density at radius 1 is 1.16 bits per heavy atom. The Balaban J connectivity index is 0.956. The van der Waals surface area contributed by atoms with E-state index in [1.165, 1.54) is 11.8 Å². The molecule has 1 saturated carbocycles. The van der Waals surface area contributed by atoms with Crippen molar-refractivity contribution in [3.05, 3.63) is 42.6 Å². The molecule has 190 valence electrons. The lowest BCUT2D eigenvalue weighted by Gasteiger charge is -2.23. The molecule has 2 saturated heterocycles. The summed E-state index contributed by atoms with van der Waals surface area (Å²) >= 11 is 1.50. The SMILES string of the molecule is COc1ccc2nccc(N3C[C@@H]4C(NC[C@@H]5CN(c6ccc7c(c6)NC(=O)CS7)C(=O)O5)[C@@H]4C3)c2n1. The van der Waals surface area contributed by atoms with Crippen LogP contribution in [0.5, 0.6) is 5.88 Å². The maximum absolute atomic E-state index is 12.6. The fourth-order valence-corrected chi connectivity index (χ4v) is 6.52. The first-order valence-electron chi connectivity index (χ1n) is 12.4. The van der Waals surface area contributed by atoms with Crippen LogP contribution in [-0.4, -0.2) is 73.2 Å². The average Bonchev–Trinajstić information content (AvgIpc) is 3.21. The minimum atomic E-state index is -0.351. The van der Waals surface area contributed by atoms with Gasteiger partial charge in [-0.05, 0) is 42.2 Å². The van der Waals surface area contributed by atoms with Gasteiger partial charge in [-0.3, -0.25) is 14.7 Å². The van der Waals surface area contributed by atoms with E-state index in [0.29, 0.717) is 42.6 Å². The number of thioether (sulfide) groups is 1. The molecule has 0 bridgehead atoms. The van der Waals surface area contributed by atoms with E-state index in [4.69, 9.17) is 9.47 Å². The molecule has 1 aliphatic carbocycles. The maximum atomic E-state index is 12.6. The van der Waals surface area contributed by atoms with Gasteiger partial charge < -0.3 is 25.0 Å². The monoisotopic (exact) mass is 518 g/mol. The molecule has 0 radical (unpaired) electrons. The highest BCUT2D eigenvalue weighted by atomic mass is 32.2. The molecule has 1 aromatic carbocycles. The highest BCUT2D eigenvalue weighted by Gasteiger charge is 2.56. The van der Waals surface area contributed by atoms with Crippen molar-refractivity contribution < 1.29 is 19.1 Å². The van der Waals surface area contributed by atoms with Crippen LogP contribution >= 0.6 is 11.8 Å². The van der Waals surface area contributed by atoms with E-state index in [0.717, 1.165) is 46.1 Å². The topological polar surface area (TPSA) is 109 Å². The van der Waals surface area contributed by atoms with Crippen molar-refractivity contribution in [2.45, 2.75) is 17.0 Å². The van der Waals surface area contributed by atoms with Crippen molar-refractivity contribution in [1.29, 1.82) is 0 Å². The third-order valence-corrected chi connectivity index (χ3v) is 8.72. The van der Waals surface area contributed by atoms with Gasteiger partial charge in [0.2, 0.25) is 11.8 Å². The molecule has 1 unspecified atom stereocenters. The van der Waals surface area contributed by atoms with Crippen molar-refractivity contribution in [2.24, 2.45) is 11.8 Å². The molecule has 3 aromatic rings. The zero-order chi connectivity index (χ0) is 25.1. The highest BCUT2D eigenvalue weighted by molar-refractivity contribution is 8.00. The smallest absolute Gasteiger partial charge is 0.414 e. The van der Waals surface area contributed by atoms with Crippen LogP contribution in [0.15, 0.2) is 47.5 Å². The van der Waals surface area contributed by atoms with Crippen molar-refractivity contribution in [3.8, 4) is 5.88 Å². The van der Waals surface area contributed by atoms with Crippen molar-refractivity contribution in [1.82, 2.24) is 15.3 Å². The van der Waals surface area contributed by atoms with Gasteiger partial charge in [0.05, 0.1) is 36.3 Å². The predicted octanol–water partition coefficient (Wildman–Crippen LogP) is 2.73. The Labute approximate surface area is 217 Å². The van der Waals surface area contributed by atoms with Gasteiger partial charge in [0.25, 0.3) is 0 Å². The van der Waals surface area contributed by atoms with E-state index in [9.17, 15) is 9.59 Å². The van der Waals surface area contributed by atoms with Gasteiger partial charge in [0, 0.05) is 48.5 Å². The number of hydrogen-bond donors (Lipinski definition) is 2. The van der Waals surface area contributed by atoms with Crippen LogP contribution in [0.25, 0.3) is 11.0 Å². The normalized spacial score (nSPS) is 26.1. The van der Waals surface area contributed by atoms with E-state index in [1.807, 2.05) is 42.6 Å². The molecule has 3 aliphatic heterocycles. The molecular formula is C26H26N6O4S. The summed E-state index contributed by atoms with van der Waals surface area (Å²) in [6, 6.07) is 11.9. The summed E-state index contributed by atoms with van der Waals surface area (Å²) in [5.41, 5.74) is 4.31. The molecule has 10 nitrogen and oxygen atoms in total. The number of hydrogen-bond acceptors (Lipinski definition) is 9. The highest BCUT2D eigenvalue weighted by Crippen LogP contribution is 2.47. The first-order chi connectivity index (χ1) is 18.1. The molecule has 2 amide bonds. The first kappa shape index (κ1) is 22.6. The van der Waals surface area contributed by atoms with Crippen LogP contribution in [0.1, 0.15) is 0 Å². The Hall–Kier alpha value is -3.57. The lowest BCUT2D eigenvalue weighted by Crippen LogP contribution is -2.36. The van der Waals surface area contributed by atoms with Gasteiger partial charge >= 0.3 is 6.09 Å². The lowest BCUT2D eigenvalue weighted by atomic mass is 10.2. The van der Waals surface area contributed by atoms with Gasteiger partial charge in [-0.15, -0.1) is 11.8 Å². The molecule has 3 fully saturated rings. The zero-order valence-electron chi connectivity index (χ0n) is 20.2. The Bertz CT molecular complexity index is 1410. The van der Waals surface area contributed by atoms with Crippen molar-refractivity contribution in [3.63, 3.8) is 0 Å². The average molecular weight is 519 g/mol. The predicted molar refractivity (Wildman–Crippen MR) is 140 cm³/mol. The van der Waals surface area contributed by atoms with Crippen LogP contribution in [-0.2, 0) is 9.53 Å². The first-order valence-corrected chi connectivity index (χ1v) is 13.4. The van der Waals surface area contributed by atoms with E-state index >= 15 is 0 Å². The summed E-state index contributed by atoms with van der Waals surface area (Å²) in [5.74, 6) is 2.09. The number of piperidine rings is 1. The largest absolute Gasteiger partial charge is 0.481 e. The summed E-state index contributed by atoms with van der Waals surface area (Å²) in [4.78, 5) is 38.4. The van der Waals surface area contributed by atoms with Crippen LogP contribution in [0.3, 0.4) is 0 Å². The number of aromatic nitrogens is 2. The van der Waals surface area contributed by atoms with Crippen molar-refractivity contribution >= 4 is 51.9 Å². The second kappa shape index (κ2) is 8.77. The third kappa shape index (κ3) is 4.02. The second-order valence-electron chi connectivity index (χ2n) is 9.85. The number of fused-ring (bicyclic) bond motifs is 3. The molecule has 4 atom stereocenters. The summed E-state index contributed by atoms with van der Waals surface area (Å²) < 4.78 is 11.0. The fraction of sp³-hybridized carbons (Fsp3) is 0.385. The maximum Gasteiger partial charge on any atom is 0.414 e. The quantitative estimate of drug-likeness (QED) is 0.509. The lowest BCUT2D eigenvalue weighted by molar-refractivity contribution is -0.113. The summed E-state index contributed by atoms with van der Waals surface area (Å²) in [5, 5.41) is 6.52. The van der Waals surface area contributed by atoms with Crippen LogP contribution in [0.2, 0.25) is 0 Å². The number of benzene rings is 1. The summed E-state index contributed by atoms with van der Waals surface area (Å²) in [7, 11) is 1.62. The van der Waals surface area contributed by atoms with Gasteiger partial charge in [-0.2, -0.15) is 0 Å². The Morgan fingerprint density at radius 2 is 2.03 bits per heavy atom. The Kier molecular flexibility index (Phi) is 5.36. The van der Waals surface area contributed by atoms with E-state index in [-0.39, 0.29) is 18.1 Å². The van der Waals surface area contributed by atoms with Crippen LogP contribution in [0.4, 0.5) is 21.9 Å². The number of carbonyl (C=O) groups excluding carboxylic acids is 2. The number of cyclic esters (lactones) is 1. The number of nitrogens with zero attached hydrogens (tertiary/aromatic N) is 4. The molecule has 2 aromatic heterocycles. The summed E-state index contributed by atoms with van der Waals surface area (Å²) in [6.45, 7) is 3.01. The second-order valence-corrected chi connectivity index (χ2v) is 10.9. The number of anilines is 3. The number of pyridine rings is 2. The Morgan fingerprint density at radius 3 is 2.86 bits per heavy atom. The molecule has 37 heavy (non-hydrogen) atoms. The number of carbonyl (C=O) groups is 2. The van der Waals surface area contributed by atoms with Gasteiger partial charge in [-0.25, -0.2) is 9.78 Å². The minimum Gasteiger partial charge on any atom is -0.481 e. The number of rotatable bonds is 6. The number of ether oxygens (including phenoxy) is 2. The number of methoxy groups -OCH3 is 1. The zero-order valence-corrected chi connectivity index (χ0v) is 21.0. The van der Waals surface area contributed by atoms with E-state index in [1.54, 1.807) is 12.0 Å². The standard InChI is InChI=1S/C26H26N6O4S/c1-35-23-5-3-18-25(30-23)20(6-7-27-18)31-11-16-17(12-31)24(16)28-9-15-10-32(26(34)36-15)14-2-4-21-19(8-14)29-22(33)13-37-21/h2-8,15-17,24,28H,9-13H2,1H3,(H,29,33)/t15-,16-,17+,24?/m1/s1. The molecular weight excluding hydrogens is 492 g/mol. The summed E-state index contributed by atoms with van der Waals surface area (Å²) in [6.07, 6.45) is 1.27. The van der Waals surface area contributed by atoms with Gasteiger partial charge in [0.15, 0.2) is 0 Å². The van der Waals surface area contributed by atoms with Crippen LogP contribution in [0, 0.1) is 11.8 Å².